The second kappa shape index (κ2) is 7.80. The summed E-state index contributed by atoms with van der Waals surface area (Å²) < 4.78 is 13.3. The van der Waals surface area contributed by atoms with E-state index >= 15 is 0 Å². The second-order valence-corrected chi connectivity index (χ2v) is 8.40. The van der Waals surface area contributed by atoms with Crippen molar-refractivity contribution in [3.8, 4) is 22.7 Å². The number of ether oxygens (including phenoxy) is 2. The van der Waals surface area contributed by atoms with Crippen molar-refractivity contribution in [2.24, 2.45) is 5.92 Å². The number of nitrogens with zero attached hydrogens (tertiary/aromatic N) is 2. The van der Waals surface area contributed by atoms with Crippen molar-refractivity contribution in [1.29, 1.82) is 0 Å². The SMILES string of the molecule is COc1ccccc1-n1nc2c(c1-c1ccc(Cl)cc1)C[C@H](OC(=O)C1CCC1)C2. The quantitative estimate of drug-likeness (QED) is 0.542. The third-order valence-electron chi connectivity index (χ3n) is 6.07. The van der Waals surface area contributed by atoms with Crippen LogP contribution in [0, 0.1) is 5.92 Å². The summed E-state index contributed by atoms with van der Waals surface area (Å²) in [5.74, 6) is 0.783. The predicted molar refractivity (Wildman–Crippen MR) is 115 cm³/mol. The lowest BCUT2D eigenvalue weighted by Crippen LogP contribution is -2.29. The first-order valence-electron chi connectivity index (χ1n) is 10.3. The number of para-hydroxylation sites is 2. The van der Waals surface area contributed by atoms with Crippen LogP contribution in [0.3, 0.4) is 0 Å². The molecule has 0 unspecified atom stereocenters. The molecule has 3 aromatic rings. The molecule has 0 amide bonds. The first kappa shape index (κ1) is 19.2. The molecule has 5 rings (SSSR count). The van der Waals surface area contributed by atoms with Crippen LogP contribution >= 0.6 is 11.6 Å². The Morgan fingerprint density at radius 2 is 1.87 bits per heavy atom. The van der Waals surface area contributed by atoms with E-state index in [1.807, 2.05) is 53.2 Å². The molecule has 30 heavy (non-hydrogen) atoms. The third-order valence-corrected chi connectivity index (χ3v) is 6.32. The highest BCUT2D eigenvalue weighted by Gasteiger charge is 2.35. The van der Waals surface area contributed by atoms with Crippen molar-refractivity contribution < 1.29 is 14.3 Å². The molecule has 0 saturated heterocycles. The normalized spacial score (nSPS) is 18.0. The van der Waals surface area contributed by atoms with Crippen molar-refractivity contribution in [2.75, 3.05) is 7.11 Å². The topological polar surface area (TPSA) is 53.4 Å². The number of hydrogen-bond donors (Lipinski definition) is 0. The summed E-state index contributed by atoms with van der Waals surface area (Å²) >= 11 is 6.12. The molecule has 1 atom stereocenters. The minimum atomic E-state index is -0.144. The predicted octanol–water partition coefficient (Wildman–Crippen LogP) is 5.01. The molecule has 0 N–H and O–H groups in total. The van der Waals surface area contributed by atoms with E-state index in [2.05, 4.69) is 0 Å². The van der Waals surface area contributed by atoms with Gasteiger partial charge in [-0.2, -0.15) is 5.10 Å². The Balaban J connectivity index is 1.53. The zero-order chi connectivity index (χ0) is 20.7. The van der Waals surface area contributed by atoms with Gasteiger partial charge in [0.15, 0.2) is 0 Å². The number of aromatic nitrogens is 2. The molecule has 0 spiro atoms. The number of halogens is 1. The maximum Gasteiger partial charge on any atom is 0.309 e. The van der Waals surface area contributed by atoms with Gasteiger partial charge in [0.2, 0.25) is 0 Å². The molecule has 1 fully saturated rings. The molecule has 0 aliphatic heterocycles. The van der Waals surface area contributed by atoms with Gasteiger partial charge in [0.05, 0.1) is 24.4 Å². The number of carbonyl (C=O) groups excluding carboxylic acids is 1. The molecule has 154 valence electrons. The highest BCUT2D eigenvalue weighted by Crippen LogP contribution is 2.38. The van der Waals surface area contributed by atoms with Crippen LogP contribution in [-0.4, -0.2) is 29.0 Å². The van der Waals surface area contributed by atoms with Crippen molar-refractivity contribution in [2.45, 2.75) is 38.2 Å². The van der Waals surface area contributed by atoms with Gasteiger partial charge in [-0.3, -0.25) is 4.79 Å². The van der Waals surface area contributed by atoms with Crippen LogP contribution in [0.25, 0.3) is 16.9 Å². The summed E-state index contributed by atoms with van der Waals surface area (Å²) in [7, 11) is 1.66. The summed E-state index contributed by atoms with van der Waals surface area (Å²) in [6.07, 6.45) is 4.18. The van der Waals surface area contributed by atoms with Crippen LogP contribution in [0.15, 0.2) is 48.5 Å². The number of carbonyl (C=O) groups is 1. The molecule has 6 heteroatoms. The van der Waals surface area contributed by atoms with E-state index < -0.39 is 0 Å². The Morgan fingerprint density at radius 1 is 1.10 bits per heavy atom. The smallest absolute Gasteiger partial charge is 0.309 e. The standard InChI is InChI=1S/C24H23ClN2O3/c1-29-22-8-3-2-7-21(22)27-23(15-9-11-17(25)12-10-15)19-13-18(14-20(19)26-27)30-24(28)16-5-4-6-16/h2-3,7-12,16,18H,4-6,13-14H2,1H3/t18-/m0/s1. The fraction of sp³-hybridized carbons (Fsp3) is 0.333. The zero-order valence-corrected chi connectivity index (χ0v) is 17.6. The fourth-order valence-electron chi connectivity index (χ4n) is 4.26. The maximum atomic E-state index is 12.3. The second-order valence-electron chi connectivity index (χ2n) is 7.96. The molecule has 0 bridgehead atoms. The maximum absolute atomic E-state index is 12.3. The van der Waals surface area contributed by atoms with Crippen molar-refractivity contribution in [3.63, 3.8) is 0 Å². The lowest BCUT2D eigenvalue weighted by molar-refractivity contribution is -0.156. The number of methoxy groups -OCH3 is 1. The molecule has 1 heterocycles. The summed E-state index contributed by atoms with van der Waals surface area (Å²) in [6.45, 7) is 0. The van der Waals surface area contributed by atoms with E-state index in [9.17, 15) is 4.79 Å². The van der Waals surface area contributed by atoms with E-state index in [1.54, 1.807) is 7.11 Å². The van der Waals surface area contributed by atoms with Crippen LogP contribution in [0.1, 0.15) is 30.5 Å². The largest absolute Gasteiger partial charge is 0.494 e. The van der Waals surface area contributed by atoms with E-state index in [4.69, 9.17) is 26.2 Å². The lowest BCUT2D eigenvalue weighted by Gasteiger charge is -2.25. The third kappa shape index (κ3) is 3.37. The van der Waals surface area contributed by atoms with Gasteiger partial charge in [0.25, 0.3) is 0 Å². The van der Waals surface area contributed by atoms with Gasteiger partial charge in [-0.1, -0.05) is 42.3 Å². The minimum absolute atomic E-state index is 0.0537. The highest BCUT2D eigenvalue weighted by atomic mass is 35.5. The van der Waals surface area contributed by atoms with E-state index in [1.165, 1.54) is 0 Å². The van der Waals surface area contributed by atoms with Gasteiger partial charge in [0, 0.05) is 29.0 Å². The fourth-order valence-corrected chi connectivity index (χ4v) is 4.39. The average molecular weight is 423 g/mol. The average Bonchev–Trinajstić information content (AvgIpc) is 3.24. The molecule has 1 saturated carbocycles. The number of rotatable bonds is 5. The van der Waals surface area contributed by atoms with Crippen LogP contribution < -0.4 is 4.74 Å². The molecule has 0 radical (unpaired) electrons. The molecule has 1 aromatic heterocycles. The first-order valence-corrected chi connectivity index (χ1v) is 10.7. The molecular weight excluding hydrogens is 400 g/mol. The molecule has 5 nitrogen and oxygen atoms in total. The first-order chi connectivity index (χ1) is 14.6. The Bertz CT molecular complexity index is 1090. The summed E-state index contributed by atoms with van der Waals surface area (Å²) in [5.41, 5.74) is 4.98. The summed E-state index contributed by atoms with van der Waals surface area (Å²) in [5, 5.41) is 5.60. The Kier molecular flexibility index (Phi) is 4.99. The summed E-state index contributed by atoms with van der Waals surface area (Å²) in [6, 6.07) is 15.6. The monoisotopic (exact) mass is 422 g/mol. The Hall–Kier alpha value is -2.79. The van der Waals surface area contributed by atoms with E-state index in [0.717, 1.165) is 53.2 Å². The van der Waals surface area contributed by atoms with Crippen molar-refractivity contribution >= 4 is 17.6 Å². The van der Waals surface area contributed by atoms with Crippen molar-refractivity contribution in [3.05, 3.63) is 64.8 Å². The lowest BCUT2D eigenvalue weighted by atomic mass is 9.86. The van der Waals surface area contributed by atoms with Crippen LogP contribution in [0.4, 0.5) is 0 Å². The van der Waals surface area contributed by atoms with Gasteiger partial charge < -0.3 is 9.47 Å². The molecule has 2 aromatic carbocycles. The van der Waals surface area contributed by atoms with Crippen LogP contribution in [0.5, 0.6) is 5.75 Å². The van der Waals surface area contributed by atoms with Gasteiger partial charge >= 0.3 is 5.97 Å². The van der Waals surface area contributed by atoms with Gasteiger partial charge in [-0.05, 0) is 37.1 Å². The van der Waals surface area contributed by atoms with Gasteiger partial charge in [-0.25, -0.2) is 4.68 Å². The number of esters is 1. The molecule has 2 aliphatic carbocycles. The molecule has 2 aliphatic rings. The van der Waals surface area contributed by atoms with Gasteiger partial charge in [-0.15, -0.1) is 0 Å². The minimum Gasteiger partial charge on any atom is -0.494 e. The van der Waals surface area contributed by atoms with E-state index in [-0.39, 0.29) is 18.0 Å². The molecular formula is C24H23ClN2O3. The number of fused-ring (bicyclic) bond motifs is 1. The van der Waals surface area contributed by atoms with Crippen molar-refractivity contribution in [1.82, 2.24) is 9.78 Å². The van der Waals surface area contributed by atoms with Crippen LogP contribution in [0.2, 0.25) is 5.02 Å². The van der Waals surface area contributed by atoms with Gasteiger partial charge in [0.1, 0.15) is 17.5 Å². The zero-order valence-electron chi connectivity index (χ0n) is 16.8. The number of hydrogen-bond acceptors (Lipinski definition) is 4. The van der Waals surface area contributed by atoms with E-state index in [0.29, 0.717) is 17.9 Å². The number of benzene rings is 2. The Labute approximate surface area is 180 Å². The highest BCUT2D eigenvalue weighted by molar-refractivity contribution is 6.30. The summed E-state index contributed by atoms with van der Waals surface area (Å²) in [4.78, 5) is 12.3. The van der Waals surface area contributed by atoms with Crippen LogP contribution in [-0.2, 0) is 22.4 Å². The Morgan fingerprint density at radius 3 is 2.57 bits per heavy atom.